The smallest absolute Gasteiger partial charge is 0.219 e. The third-order valence-electron chi connectivity index (χ3n) is 7.82. The maximum absolute atomic E-state index is 15.2. The Balaban J connectivity index is 1.38. The van der Waals surface area contributed by atoms with Gasteiger partial charge in [-0.15, -0.1) is 0 Å². The number of hydrogen-bond donors (Lipinski definition) is 3. The van der Waals surface area contributed by atoms with Crippen molar-refractivity contribution in [2.75, 3.05) is 51.6 Å². The van der Waals surface area contributed by atoms with Crippen LogP contribution in [-0.4, -0.2) is 78.0 Å². The molecule has 5 rings (SSSR count). The first-order valence-corrected chi connectivity index (χ1v) is 13.2. The lowest BCUT2D eigenvalue weighted by Crippen LogP contribution is -2.49. The number of aliphatic imine (C=N–C) groups is 1. The second-order valence-electron chi connectivity index (χ2n) is 10.3. The molecule has 0 spiro atoms. The summed E-state index contributed by atoms with van der Waals surface area (Å²) in [6.07, 6.45) is 5.85. The lowest BCUT2D eigenvalue weighted by Gasteiger charge is -2.38. The molecule has 3 aliphatic heterocycles. The van der Waals surface area contributed by atoms with Crippen molar-refractivity contribution in [3.8, 4) is 0 Å². The summed E-state index contributed by atoms with van der Waals surface area (Å²) in [6, 6.07) is 5.26. The van der Waals surface area contributed by atoms with E-state index in [1.165, 1.54) is 12.3 Å². The van der Waals surface area contributed by atoms with Gasteiger partial charge in [0, 0.05) is 88.9 Å². The summed E-state index contributed by atoms with van der Waals surface area (Å²) in [5.41, 5.74) is 9.46. The lowest BCUT2D eigenvalue weighted by molar-refractivity contribution is -0.129. The van der Waals surface area contributed by atoms with E-state index >= 15 is 4.39 Å². The van der Waals surface area contributed by atoms with Crippen LogP contribution in [0.3, 0.4) is 0 Å². The van der Waals surface area contributed by atoms with Crippen molar-refractivity contribution in [3.63, 3.8) is 0 Å². The summed E-state index contributed by atoms with van der Waals surface area (Å²) in [5, 5.41) is 11.6. The molecule has 1 aromatic heterocycles. The van der Waals surface area contributed by atoms with E-state index in [0.29, 0.717) is 41.8 Å². The van der Waals surface area contributed by atoms with Crippen molar-refractivity contribution in [2.24, 2.45) is 16.6 Å². The number of likely N-dealkylation sites (tertiary alicyclic amines) is 1. The number of piperidine rings is 1. The van der Waals surface area contributed by atoms with Crippen molar-refractivity contribution in [3.05, 3.63) is 47.0 Å². The molecule has 2 saturated heterocycles. The van der Waals surface area contributed by atoms with Crippen LogP contribution in [0.2, 0.25) is 0 Å². The highest BCUT2D eigenvalue weighted by Crippen LogP contribution is 2.34. The van der Waals surface area contributed by atoms with Gasteiger partial charge < -0.3 is 26.2 Å². The summed E-state index contributed by atoms with van der Waals surface area (Å²) in [7, 11) is 1.65. The van der Waals surface area contributed by atoms with Crippen LogP contribution in [0.1, 0.15) is 42.6 Å². The van der Waals surface area contributed by atoms with E-state index in [2.05, 4.69) is 25.2 Å². The first-order chi connectivity index (χ1) is 18.0. The second kappa shape index (κ2) is 11.0. The van der Waals surface area contributed by atoms with E-state index in [0.717, 1.165) is 69.2 Å². The van der Waals surface area contributed by atoms with Gasteiger partial charge >= 0.3 is 0 Å². The number of hydrogen-bond acceptors (Lipinski definition) is 7. The monoisotopic (exact) mass is 508 g/mol. The number of benzene rings is 1. The topological polar surface area (TPSA) is 104 Å². The van der Waals surface area contributed by atoms with Crippen LogP contribution in [0, 0.1) is 11.7 Å². The highest BCUT2D eigenvalue weighted by atomic mass is 19.1. The number of allylic oxidation sites excluding steroid dienone is 1. The van der Waals surface area contributed by atoms with Gasteiger partial charge in [0.1, 0.15) is 5.82 Å². The van der Waals surface area contributed by atoms with Crippen LogP contribution in [0.4, 0.5) is 15.9 Å². The molecule has 2 fully saturated rings. The number of carbonyl (C=O) groups is 1. The van der Waals surface area contributed by atoms with Gasteiger partial charge in [0.05, 0.1) is 18.3 Å². The number of fused-ring (bicyclic) bond motifs is 1. The largest absolute Gasteiger partial charge is 0.404 e. The quantitative estimate of drug-likeness (QED) is 0.497. The van der Waals surface area contributed by atoms with Gasteiger partial charge in [-0.3, -0.25) is 14.5 Å². The summed E-state index contributed by atoms with van der Waals surface area (Å²) in [5.74, 6) is 1.04. The number of carbonyl (C=O) groups excluding carboxylic acids is 1. The zero-order valence-electron chi connectivity index (χ0n) is 21.7. The predicted octanol–water partition coefficient (Wildman–Crippen LogP) is 2.53. The number of aromatic nitrogens is 2. The molecule has 0 radical (unpaired) electrons. The van der Waals surface area contributed by atoms with Crippen molar-refractivity contribution < 1.29 is 9.18 Å². The minimum atomic E-state index is -0.400. The molecule has 0 atom stereocenters. The Kier molecular flexibility index (Phi) is 7.57. The Bertz CT molecular complexity index is 1190. The molecule has 4 N–H and O–H groups in total. The average molecular weight is 509 g/mol. The number of nitrogens with two attached hydrogens (primary N) is 1. The van der Waals surface area contributed by atoms with Crippen LogP contribution in [0.25, 0.3) is 5.57 Å². The van der Waals surface area contributed by atoms with Crippen LogP contribution < -0.4 is 16.4 Å². The molecule has 9 nitrogen and oxygen atoms in total. The van der Waals surface area contributed by atoms with Gasteiger partial charge in [0.25, 0.3) is 0 Å². The number of anilines is 2. The van der Waals surface area contributed by atoms with Gasteiger partial charge in [-0.25, -0.2) is 4.39 Å². The number of nitrogens with zero attached hydrogens (tertiary/aromatic N) is 5. The molecule has 198 valence electrons. The molecule has 3 aliphatic rings. The third-order valence-corrected chi connectivity index (χ3v) is 7.82. The zero-order valence-corrected chi connectivity index (χ0v) is 21.7. The van der Waals surface area contributed by atoms with Crippen LogP contribution in [-0.2, 0) is 17.8 Å². The van der Waals surface area contributed by atoms with E-state index in [4.69, 9.17) is 10.8 Å². The van der Waals surface area contributed by atoms with Gasteiger partial charge in [-0.2, -0.15) is 5.10 Å². The molecular weight excluding hydrogens is 471 g/mol. The first kappa shape index (κ1) is 25.4. The molecule has 0 bridgehead atoms. The van der Waals surface area contributed by atoms with E-state index < -0.39 is 5.82 Å². The fourth-order valence-corrected chi connectivity index (χ4v) is 5.58. The summed E-state index contributed by atoms with van der Waals surface area (Å²) >= 11 is 0. The predicted molar refractivity (Wildman–Crippen MR) is 144 cm³/mol. The van der Waals surface area contributed by atoms with E-state index in [1.54, 1.807) is 26.3 Å². The minimum absolute atomic E-state index is 0.0392. The average Bonchev–Trinajstić information content (AvgIpc) is 3.24. The normalized spacial score (nSPS) is 19.8. The Morgan fingerprint density at radius 3 is 2.70 bits per heavy atom. The third kappa shape index (κ3) is 5.40. The fraction of sp³-hybridized carbons (Fsp3) is 0.519. The molecule has 1 aromatic carbocycles. The van der Waals surface area contributed by atoms with Gasteiger partial charge in [-0.1, -0.05) is 6.07 Å². The number of halogens is 1. The Labute approximate surface area is 217 Å². The molecule has 37 heavy (non-hydrogen) atoms. The molecule has 1 amide bonds. The van der Waals surface area contributed by atoms with Crippen molar-refractivity contribution >= 4 is 29.2 Å². The fourth-order valence-electron chi connectivity index (χ4n) is 5.58. The minimum Gasteiger partial charge on any atom is -0.404 e. The van der Waals surface area contributed by atoms with Crippen molar-refractivity contribution in [1.82, 2.24) is 24.9 Å². The molecule has 0 unspecified atom stereocenters. The maximum Gasteiger partial charge on any atom is 0.219 e. The van der Waals surface area contributed by atoms with Gasteiger partial charge in [-0.05, 0) is 36.5 Å². The molecule has 0 aliphatic carbocycles. The van der Waals surface area contributed by atoms with Gasteiger partial charge in [0.15, 0.2) is 5.82 Å². The molecule has 0 saturated carbocycles. The van der Waals surface area contributed by atoms with Crippen LogP contribution >= 0.6 is 0 Å². The number of amides is 1. The summed E-state index contributed by atoms with van der Waals surface area (Å²) < 4.78 is 17.3. The standard InChI is InChI=1S/C27H37FN8O/c1-18(37)35-10-7-26-23(17-35)27(32-25-4-3-20(11-24(25)28)21(12-29)15-30-2)33-36(26)22-5-8-34(9-6-22)16-19-13-31-14-19/h3-4,11-12,15,19,22,31H,5-10,13-14,16-17,29H2,1-2H3,(H,32,33)/b21-12+,30-15?. The number of nitrogens with one attached hydrogen (secondary N) is 2. The van der Waals surface area contributed by atoms with Gasteiger partial charge in [0.2, 0.25) is 5.91 Å². The van der Waals surface area contributed by atoms with E-state index in [9.17, 15) is 4.79 Å². The highest BCUT2D eigenvalue weighted by molar-refractivity contribution is 6.09. The lowest BCUT2D eigenvalue weighted by atomic mass is 9.99. The molecule has 4 heterocycles. The SMILES string of the molecule is CN=C/C(=C\N)c1ccc(Nc2nn(C3CCN(CC4CNC4)CC3)c3c2CN(C(C)=O)CC3)c(F)c1. The van der Waals surface area contributed by atoms with E-state index in [1.807, 2.05) is 11.0 Å². The Hall–Kier alpha value is -3.24. The van der Waals surface area contributed by atoms with Crippen molar-refractivity contribution in [2.45, 2.75) is 38.8 Å². The molecular formula is C27H37FN8O. The Morgan fingerprint density at radius 1 is 1.30 bits per heavy atom. The second-order valence-corrected chi connectivity index (χ2v) is 10.3. The zero-order chi connectivity index (χ0) is 25.9. The van der Waals surface area contributed by atoms with Crippen LogP contribution in [0.5, 0.6) is 0 Å². The molecule has 2 aromatic rings. The van der Waals surface area contributed by atoms with Crippen molar-refractivity contribution in [1.29, 1.82) is 0 Å². The first-order valence-electron chi connectivity index (χ1n) is 13.2. The van der Waals surface area contributed by atoms with Crippen LogP contribution in [0.15, 0.2) is 29.4 Å². The highest BCUT2D eigenvalue weighted by Gasteiger charge is 2.31. The molecule has 10 heteroatoms. The summed E-state index contributed by atoms with van der Waals surface area (Å²) in [4.78, 5) is 20.5. The summed E-state index contributed by atoms with van der Waals surface area (Å²) in [6.45, 7) is 8.29. The Morgan fingerprint density at radius 2 is 2.08 bits per heavy atom. The number of rotatable bonds is 7. The van der Waals surface area contributed by atoms with E-state index in [-0.39, 0.29) is 5.91 Å². The maximum atomic E-state index is 15.2.